The lowest BCUT2D eigenvalue weighted by molar-refractivity contribution is -0.133. The SMILES string of the molecule is CCCCN1CCO[C@H](CCN(C)C(=O)C(C)C)C1. The maximum atomic E-state index is 11.8. The number of carbonyl (C=O) groups excluding carboxylic acids is 1. The summed E-state index contributed by atoms with van der Waals surface area (Å²) in [5, 5.41) is 0. The normalized spacial score (nSPS) is 20.8. The van der Waals surface area contributed by atoms with Crippen LogP contribution in [0.15, 0.2) is 0 Å². The first kappa shape index (κ1) is 16.4. The van der Waals surface area contributed by atoms with E-state index in [1.165, 1.54) is 19.4 Å². The Hall–Kier alpha value is -0.610. The van der Waals surface area contributed by atoms with Crippen molar-refractivity contribution >= 4 is 5.91 Å². The van der Waals surface area contributed by atoms with Gasteiger partial charge in [-0.25, -0.2) is 0 Å². The third-order valence-electron chi connectivity index (χ3n) is 3.71. The van der Waals surface area contributed by atoms with Gasteiger partial charge in [0.05, 0.1) is 12.7 Å². The van der Waals surface area contributed by atoms with E-state index in [2.05, 4.69) is 11.8 Å². The molecule has 1 rings (SSSR count). The van der Waals surface area contributed by atoms with Crippen LogP contribution in [0, 0.1) is 5.92 Å². The molecule has 0 bridgehead atoms. The number of hydrogen-bond donors (Lipinski definition) is 0. The Morgan fingerprint density at radius 2 is 2.21 bits per heavy atom. The third-order valence-corrected chi connectivity index (χ3v) is 3.71. The Balaban J connectivity index is 2.26. The molecule has 0 unspecified atom stereocenters. The lowest BCUT2D eigenvalue weighted by atomic mass is 10.1. The lowest BCUT2D eigenvalue weighted by Gasteiger charge is -2.33. The van der Waals surface area contributed by atoms with E-state index >= 15 is 0 Å². The van der Waals surface area contributed by atoms with Crippen molar-refractivity contribution in [3.8, 4) is 0 Å². The van der Waals surface area contributed by atoms with Gasteiger partial charge in [0.1, 0.15) is 0 Å². The highest BCUT2D eigenvalue weighted by Gasteiger charge is 2.21. The number of amides is 1. The van der Waals surface area contributed by atoms with E-state index in [0.29, 0.717) is 0 Å². The van der Waals surface area contributed by atoms with Gasteiger partial charge in [-0.05, 0) is 19.4 Å². The zero-order valence-corrected chi connectivity index (χ0v) is 13.0. The average Bonchev–Trinajstić information content (AvgIpc) is 2.42. The molecule has 1 saturated heterocycles. The van der Waals surface area contributed by atoms with Gasteiger partial charge in [-0.2, -0.15) is 0 Å². The number of ether oxygens (including phenoxy) is 1. The van der Waals surface area contributed by atoms with Crippen LogP contribution in [-0.2, 0) is 9.53 Å². The lowest BCUT2D eigenvalue weighted by Crippen LogP contribution is -2.44. The number of carbonyl (C=O) groups is 1. The molecule has 0 N–H and O–H groups in total. The smallest absolute Gasteiger partial charge is 0.224 e. The fraction of sp³-hybridized carbons (Fsp3) is 0.933. The van der Waals surface area contributed by atoms with Crippen LogP contribution in [-0.4, -0.2) is 61.6 Å². The summed E-state index contributed by atoms with van der Waals surface area (Å²) < 4.78 is 5.80. The molecule has 0 spiro atoms. The third kappa shape index (κ3) is 5.91. The number of unbranched alkanes of at least 4 members (excludes halogenated alkanes) is 1. The topological polar surface area (TPSA) is 32.8 Å². The zero-order chi connectivity index (χ0) is 14.3. The van der Waals surface area contributed by atoms with Gasteiger partial charge in [-0.3, -0.25) is 9.69 Å². The van der Waals surface area contributed by atoms with E-state index in [4.69, 9.17) is 4.74 Å². The van der Waals surface area contributed by atoms with Crippen LogP contribution in [0.1, 0.15) is 40.0 Å². The Bertz CT molecular complexity index is 269. The second-order valence-electron chi connectivity index (χ2n) is 5.85. The molecule has 1 heterocycles. The second kappa shape index (κ2) is 8.54. The molecule has 0 aliphatic carbocycles. The van der Waals surface area contributed by atoms with Gasteiger partial charge in [-0.15, -0.1) is 0 Å². The summed E-state index contributed by atoms with van der Waals surface area (Å²) in [5.74, 6) is 0.303. The number of hydrogen-bond acceptors (Lipinski definition) is 3. The first-order valence-electron chi connectivity index (χ1n) is 7.63. The zero-order valence-electron chi connectivity index (χ0n) is 13.0. The minimum Gasteiger partial charge on any atom is -0.375 e. The fourth-order valence-corrected chi connectivity index (χ4v) is 2.43. The summed E-state index contributed by atoms with van der Waals surface area (Å²) in [6, 6.07) is 0. The van der Waals surface area contributed by atoms with Gasteiger partial charge >= 0.3 is 0 Å². The highest BCUT2D eigenvalue weighted by atomic mass is 16.5. The molecule has 1 fully saturated rings. The molecule has 1 aliphatic heterocycles. The van der Waals surface area contributed by atoms with Crippen molar-refractivity contribution in [2.75, 3.05) is 39.8 Å². The minimum absolute atomic E-state index is 0.0818. The molecule has 0 aromatic carbocycles. The molecule has 1 aliphatic rings. The van der Waals surface area contributed by atoms with Crippen molar-refractivity contribution < 1.29 is 9.53 Å². The molecule has 0 aromatic rings. The fourth-order valence-electron chi connectivity index (χ4n) is 2.43. The summed E-state index contributed by atoms with van der Waals surface area (Å²) in [5.41, 5.74) is 0. The predicted octanol–water partition coefficient (Wildman–Crippen LogP) is 1.99. The molecule has 19 heavy (non-hydrogen) atoms. The summed E-state index contributed by atoms with van der Waals surface area (Å²) in [6.07, 6.45) is 3.73. The van der Waals surface area contributed by atoms with Crippen LogP contribution in [0.5, 0.6) is 0 Å². The molecule has 1 amide bonds. The Morgan fingerprint density at radius 1 is 1.47 bits per heavy atom. The van der Waals surface area contributed by atoms with Crippen LogP contribution in [0.2, 0.25) is 0 Å². The maximum Gasteiger partial charge on any atom is 0.224 e. The largest absolute Gasteiger partial charge is 0.375 e. The van der Waals surface area contributed by atoms with Gasteiger partial charge < -0.3 is 9.64 Å². The summed E-state index contributed by atoms with van der Waals surface area (Å²) >= 11 is 0. The van der Waals surface area contributed by atoms with E-state index in [9.17, 15) is 4.79 Å². The van der Waals surface area contributed by atoms with Crippen molar-refractivity contribution in [2.24, 2.45) is 5.92 Å². The molecular weight excluding hydrogens is 240 g/mol. The number of rotatable bonds is 7. The minimum atomic E-state index is 0.0818. The summed E-state index contributed by atoms with van der Waals surface area (Å²) in [6.45, 7) is 11.0. The highest BCUT2D eigenvalue weighted by Crippen LogP contribution is 2.11. The van der Waals surface area contributed by atoms with Crippen molar-refractivity contribution in [3.05, 3.63) is 0 Å². The van der Waals surface area contributed by atoms with E-state index in [0.717, 1.165) is 32.7 Å². The van der Waals surface area contributed by atoms with Crippen molar-refractivity contribution in [3.63, 3.8) is 0 Å². The quantitative estimate of drug-likeness (QED) is 0.709. The van der Waals surface area contributed by atoms with Gasteiger partial charge in [0.15, 0.2) is 0 Å². The molecule has 1 atom stereocenters. The van der Waals surface area contributed by atoms with E-state index in [1.807, 2.05) is 25.8 Å². The van der Waals surface area contributed by atoms with Crippen molar-refractivity contribution in [1.29, 1.82) is 0 Å². The predicted molar refractivity (Wildman–Crippen MR) is 78.2 cm³/mol. The molecule has 112 valence electrons. The average molecular weight is 270 g/mol. The second-order valence-corrected chi connectivity index (χ2v) is 5.85. The Morgan fingerprint density at radius 3 is 2.84 bits per heavy atom. The summed E-state index contributed by atoms with van der Waals surface area (Å²) in [4.78, 5) is 16.1. The molecule has 4 heteroatoms. The molecule has 4 nitrogen and oxygen atoms in total. The first-order chi connectivity index (χ1) is 9.04. The van der Waals surface area contributed by atoms with Crippen LogP contribution in [0.3, 0.4) is 0 Å². The van der Waals surface area contributed by atoms with E-state index < -0.39 is 0 Å². The monoisotopic (exact) mass is 270 g/mol. The van der Waals surface area contributed by atoms with Gasteiger partial charge in [0, 0.05) is 32.6 Å². The number of nitrogens with zero attached hydrogens (tertiary/aromatic N) is 2. The Kier molecular flexibility index (Phi) is 7.39. The maximum absolute atomic E-state index is 11.8. The molecule has 0 aromatic heterocycles. The molecule has 0 radical (unpaired) electrons. The summed E-state index contributed by atoms with van der Waals surface area (Å²) in [7, 11) is 1.89. The first-order valence-corrected chi connectivity index (χ1v) is 7.63. The molecule has 0 saturated carbocycles. The van der Waals surface area contributed by atoms with Crippen LogP contribution >= 0.6 is 0 Å². The van der Waals surface area contributed by atoms with Gasteiger partial charge in [-0.1, -0.05) is 27.2 Å². The van der Waals surface area contributed by atoms with Crippen molar-refractivity contribution in [2.45, 2.75) is 46.1 Å². The molecular formula is C15H30N2O2. The van der Waals surface area contributed by atoms with Gasteiger partial charge in [0.25, 0.3) is 0 Å². The van der Waals surface area contributed by atoms with Crippen LogP contribution in [0.25, 0.3) is 0 Å². The van der Waals surface area contributed by atoms with Gasteiger partial charge in [0.2, 0.25) is 5.91 Å². The standard InChI is InChI=1S/C15H30N2O2/c1-5-6-8-17-10-11-19-14(12-17)7-9-16(4)15(18)13(2)3/h13-14H,5-12H2,1-4H3/t14-/m1/s1. The van der Waals surface area contributed by atoms with Crippen LogP contribution in [0.4, 0.5) is 0 Å². The number of morpholine rings is 1. The highest BCUT2D eigenvalue weighted by molar-refractivity contribution is 5.77. The van der Waals surface area contributed by atoms with E-state index in [1.54, 1.807) is 0 Å². The van der Waals surface area contributed by atoms with E-state index in [-0.39, 0.29) is 17.9 Å². The Labute approximate surface area is 118 Å². The van der Waals surface area contributed by atoms with Crippen LogP contribution < -0.4 is 0 Å². The van der Waals surface area contributed by atoms with Crippen molar-refractivity contribution in [1.82, 2.24) is 9.80 Å².